The van der Waals surface area contributed by atoms with E-state index in [-0.39, 0.29) is 16.7 Å². The highest BCUT2D eigenvalue weighted by Gasteiger charge is 2.27. The van der Waals surface area contributed by atoms with Crippen LogP contribution in [0, 0.1) is 6.92 Å². The molecule has 0 aliphatic rings. The number of benzene rings is 1. The van der Waals surface area contributed by atoms with E-state index in [2.05, 4.69) is 14.2 Å². The summed E-state index contributed by atoms with van der Waals surface area (Å²) in [6, 6.07) is 2.94. The summed E-state index contributed by atoms with van der Waals surface area (Å²) in [6.07, 6.45) is 0. The van der Waals surface area contributed by atoms with Crippen LogP contribution in [0.5, 0.6) is 0 Å². The molecule has 0 aliphatic heterocycles. The second-order valence-electron chi connectivity index (χ2n) is 3.65. The van der Waals surface area contributed by atoms with E-state index in [9.17, 15) is 14.4 Å². The Morgan fingerprint density at radius 1 is 0.789 bits per heavy atom. The van der Waals surface area contributed by atoms with Gasteiger partial charge in [0.05, 0.1) is 38.0 Å². The van der Waals surface area contributed by atoms with E-state index in [0.29, 0.717) is 5.56 Å². The monoisotopic (exact) mass is 266 g/mol. The summed E-state index contributed by atoms with van der Waals surface area (Å²) >= 11 is 0. The first-order chi connectivity index (χ1) is 8.97. The molecule has 6 nitrogen and oxygen atoms in total. The number of aryl methyl sites for hydroxylation is 1. The Morgan fingerprint density at radius 3 is 1.74 bits per heavy atom. The molecule has 0 radical (unpaired) electrons. The van der Waals surface area contributed by atoms with Crippen LogP contribution in [0.3, 0.4) is 0 Å². The zero-order valence-corrected chi connectivity index (χ0v) is 11.1. The third kappa shape index (κ3) is 2.73. The molecule has 0 saturated carbocycles. The minimum Gasteiger partial charge on any atom is -0.465 e. The van der Waals surface area contributed by atoms with Gasteiger partial charge in [-0.3, -0.25) is 0 Å². The van der Waals surface area contributed by atoms with E-state index in [1.54, 1.807) is 6.92 Å². The van der Waals surface area contributed by atoms with E-state index < -0.39 is 17.9 Å². The zero-order valence-electron chi connectivity index (χ0n) is 11.1. The molecule has 1 rings (SSSR count). The summed E-state index contributed by atoms with van der Waals surface area (Å²) < 4.78 is 13.8. The van der Waals surface area contributed by atoms with Gasteiger partial charge in [-0.1, -0.05) is 6.07 Å². The van der Waals surface area contributed by atoms with Gasteiger partial charge < -0.3 is 14.2 Å². The Kier molecular flexibility index (Phi) is 4.63. The lowest BCUT2D eigenvalue weighted by Crippen LogP contribution is -2.19. The molecule has 19 heavy (non-hydrogen) atoms. The van der Waals surface area contributed by atoms with Gasteiger partial charge >= 0.3 is 17.9 Å². The molecule has 0 unspecified atom stereocenters. The molecule has 0 saturated heterocycles. The number of rotatable bonds is 3. The average Bonchev–Trinajstić information content (AvgIpc) is 2.44. The van der Waals surface area contributed by atoms with Crippen molar-refractivity contribution in [3.05, 3.63) is 34.4 Å². The zero-order chi connectivity index (χ0) is 14.6. The number of hydrogen-bond acceptors (Lipinski definition) is 6. The summed E-state index contributed by atoms with van der Waals surface area (Å²) in [7, 11) is 3.53. The van der Waals surface area contributed by atoms with Crippen molar-refractivity contribution in [1.82, 2.24) is 0 Å². The Hall–Kier alpha value is -2.37. The molecule has 0 amide bonds. The van der Waals surface area contributed by atoms with Crippen LogP contribution >= 0.6 is 0 Å². The molecule has 1 aromatic carbocycles. The fourth-order valence-electron chi connectivity index (χ4n) is 1.67. The number of carbonyl (C=O) groups excluding carboxylic acids is 3. The smallest absolute Gasteiger partial charge is 0.339 e. The predicted octanol–water partition coefficient (Wildman–Crippen LogP) is 1.35. The topological polar surface area (TPSA) is 78.9 Å². The summed E-state index contributed by atoms with van der Waals surface area (Å²) in [4.78, 5) is 35.2. The molecule has 0 aliphatic carbocycles. The van der Waals surface area contributed by atoms with Crippen LogP contribution in [-0.4, -0.2) is 39.2 Å². The lowest BCUT2D eigenvalue weighted by atomic mass is 9.96. The standard InChI is InChI=1S/C13H14O6/c1-7-5-6-8(11(14)17-2)10(13(16)19-4)9(7)12(15)18-3/h5-6H,1-4H3. The summed E-state index contributed by atoms with van der Waals surface area (Å²) in [5.41, 5.74) is 0.304. The van der Waals surface area contributed by atoms with Gasteiger partial charge in [-0.2, -0.15) is 0 Å². The van der Waals surface area contributed by atoms with Crippen LogP contribution in [0.1, 0.15) is 36.6 Å². The van der Waals surface area contributed by atoms with Gasteiger partial charge in [0.25, 0.3) is 0 Å². The largest absolute Gasteiger partial charge is 0.465 e. The summed E-state index contributed by atoms with van der Waals surface area (Å²) in [5.74, 6) is -2.25. The number of methoxy groups -OCH3 is 3. The van der Waals surface area contributed by atoms with Crippen LogP contribution in [0.25, 0.3) is 0 Å². The molecule has 0 bridgehead atoms. The Labute approximate surface area is 110 Å². The highest BCUT2D eigenvalue weighted by atomic mass is 16.5. The first kappa shape index (κ1) is 14.7. The van der Waals surface area contributed by atoms with Gasteiger partial charge in [0.1, 0.15) is 0 Å². The normalized spacial score (nSPS) is 9.68. The number of hydrogen-bond donors (Lipinski definition) is 0. The SMILES string of the molecule is COC(=O)c1ccc(C)c(C(=O)OC)c1C(=O)OC. The van der Waals surface area contributed by atoms with Crippen LogP contribution in [0.15, 0.2) is 12.1 Å². The van der Waals surface area contributed by atoms with Crippen molar-refractivity contribution in [2.45, 2.75) is 6.92 Å². The predicted molar refractivity (Wildman–Crippen MR) is 65.2 cm³/mol. The number of carbonyl (C=O) groups is 3. The van der Waals surface area contributed by atoms with Crippen molar-refractivity contribution in [1.29, 1.82) is 0 Å². The molecule has 0 heterocycles. The highest BCUT2D eigenvalue weighted by Crippen LogP contribution is 2.22. The van der Waals surface area contributed by atoms with Crippen LogP contribution in [-0.2, 0) is 14.2 Å². The first-order valence-corrected chi connectivity index (χ1v) is 5.36. The molecule has 0 atom stereocenters. The van der Waals surface area contributed by atoms with Gasteiger partial charge in [-0.15, -0.1) is 0 Å². The Bertz CT molecular complexity index is 532. The fraction of sp³-hybridized carbons (Fsp3) is 0.308. The minimum absolute atomic E-state index is 0.00255. The van der Waals surface area contributed by atoms with Crippen molar-refractivity contribution in [2.24, 2.45) is 0 Å². The maximum atomic E-state index is 11.8. The van der Waals surface area contributed by atoms with E-state index in [1.165, 1.54) is 26.4 Å². The van der Waals surface area contributed by atoms with Gasteiger partial charge in [0.15, 0.2) is 0 Å². The molecule has 0 spiro atoms. The quantitative estimate of drug-likeness (QED) is 0.607. The number of esters is 3. The van der Waals surface area contributed by atoms with Gasteiger partial charge in [-0.05, 0) is 18.6 Å². The Morgan fingerprint density at radius 2 is 1.26 bits per heavy atom. The Balaban J connectivity index is 3.64. The van der Waals surface area contributed by atoms with Crippen molar-refractivity contribution >= 4 is 17.9 Å². The van der Waals surface area contributed by atoms with Gasteiger partial charge in [0.2, 0.25) is 0 Å². The van der Waals surface area contributed by atoms with Crippen molar-refractivity contribution in [2.75, 3.05) is 21.3 Å². The molecular formula is C13H14O6. The molecule has 0 N–H and O–H groups in total. The molecule has 102 valence electrons. The lowest BCUT2D eigenvalue weighted by Gasteiger charge is -2.12. The second-order valence-corrected chi connectivity index (χ2v) is 3.65. The summed E-state index contributed by atoms with van der Waals surface area (Å²) in [6.45, 7) is 1.62. The third-order valence-corrected chi connectivity index (χ3v) is 2.60. The number of ether oxygens (including phenoxy) is 3. The van der Waals surface area contributed by atoms with Crippen molar-refractivity contribution in [3.8, 4) is 0 Å². The van der Waals surface area contributed by atoms with Crippen LogP contribution in [0.4, 0.5) is 0 Å². The van der Waals surface area contributed by atoms with Gasteiger partial charge in [0, 0.05) is 0 Å². The molecule has 0 fully saturated rings. The maximum Gasteiger partial charge on any atom is 0.339 e. The lowest BCUT2D eigenvalue weighted by molar-refractivity contribution is 0.0535. The highest BCUT2D eigenvalue weighted by molar-refractivity contribution is 6.11. The average molecular weight is 266 g/mol. The van der Waals surface area contributed by atoms with E-state index >= 15 is 0 Å². The first-order valence-electron chi connectivity index (χ1n) is 5.36. The van der Waals surface area contributed by atoms with Gasteiger partial charge in [-0.25, -0.2) is 14.4 Å². The van der Waals surface area contributed by atoms with E-state index in [0.717, 1.165) is 7.11 Å². The van der Waals surface area contributed by atoms with E-state index in [4.69, 9.17) is 0 Å². The van der Waals surface area contributed by atoms with Crippen LogP contribution < -0.4 is 0 Å². The maximum absolute atomic E-state index is 11.8. The minimum atomic E-state index is -0.801. The van der Waals surface area contributed by atoms with Crippen molar-refractivity contribution < 1.29 is 28.6 Å². The second kappa shape index (κ2) is 5.99. The molecule has 1 aromatic rings. The van der Waals surface area contributed by atoms with E-state index in [1.807, 2.05) is 0 Å². The third-order valence-electron chi connectivity index (χ3n) is 2.60. The molecule has 6 heteroatoms. The summed E-state index contributed by atoms with van der Waals surface area (Å²) in [5, 5.41) is 0. The molecule has 0 aromatic heterocycles. The van der Waals surface area contributed by atoms with Crippen LogP contribution in [0.2, 0.25) is 0 Å². The molecular weight excluding hydrogens is 252 g/mol. The van der Waals surface area contributed by atoms with Crippen molar-refractivity contribution in [3.63, 3.8) is 0 Å². The fourth-order valence-corrected chi connectivity index (χ4v) is 1.67.